The summed E-state index contributed by atoms with van der Waals surface area (Å²) in [6.07, 6.45) is 6.08. The highest BCUT2D eigenvalue weighted by Crippen LogP contribution is 2.30. The van der Waals surface area contributed by atoms with Crippen molar-refractivity contribution in [2.45, 2.75) is 25.8 Å². The molecule has 1 aromatic heterocycles. The molecule has 15 heavy (non-hydrogen) atoms. The quantitative estimate of drug-likeness (QED) is 0.833. The molecule has 80 valence electrons. The summed E-state index contributed by atoms with van der Waals surface area (Å²) in [6.45, 7) is 4.34. The maximum atomic E-state index is 4.65. The lowest BCUT2D eigenvalue weighted by Crippen LogP contribution is -2.20. The van der Waals surface area contributed by atoms with Crippen LogP contribution < -0.4 is 5.32 Å². The Bertz CT molecular complexity index is 365. The number of hydrogen-bond acceptors (Lipinski definition) is 5. The number of anilines is 1. The van der Waals surface area contributed by atoms with Gasteiger partial charge in [-0.2, -0.15) is 0 Å². The van der Waals surface area contributed by atoms with Crippen LogP contribution in [0.3, 0.4) is 0 Å². The number of nitrogens with zero attached hydrogens (tertiary/aromatic N) is 3. The summed E-state index contributed by atoms with van der Waals surface area (Å²) >= 11 is 1.75. The molecule has 4 nitrogen and oxygen atoms in total. The summed E-state index contributed by atoms with van der Waals surface area (Å²) in [5.41, 5.74) is 0.979. The molecule has 0 spiro atoms. The van der Waals surface area contributed by atoms with E-state index < -0.39 is 0 Å². The third-order valence-corrected chi connectivity index (χ3v) is 3.70. The molecule has 0 bridgehead atoms. The largest absolute Gasteiger partial charge is 0.332 e. The number of nitrogens with one attached hydrogen (secondary N) is 1. The Morgan fingerprint density at radius 3 is 2.80 bits per heavy atom. The fourth-order valence-electron chi connectivity index (χ4n) is 1.27. The predicted octanol–water partition coefficient (Wildman–Crippen LogP) is 2.16. The lowest BCUT2D eigenvalue weighted by molar-refractivity contribution is 0.523. The topological polar surface area (TPSA) is 50.2 Å². The second-order valence-electron chi connectivity index (χ2n) is 3.81. The van der Waals surface area contributed by atoms with Gasteiger partial charge in [-0.3, -0.25) is 4.99 Å². The molecule has 2 heterocycles. The first-order valence-electron chi connectivity index (χ1n) is 4.96. The van der Waals surface area contributed by atoms with Gasteiger partial charge < -0.3 is 5.32 Å². The van der Waals surface area contributed by atoms with Gasteiger partial charge in [0.2, 0.25) is 0 Å². The van der Waals surface area contributed by atoms with Gasteiger partial charge in [-0.25, -0.2) is 9.97 Å². The second-order valence-corrected chi connectivity index (χ2v) is 4.77. The van der Waals surface area contributed by atoms with Crippen LogP contribution in [0.4, 0.5) is 5.69 Å². The smallest absolute Gasteiger partial charge is 0.161 e. The summed E-state index contributed by atoms with van der Waals surface area (Å²) in [7, 11) is 0. The van der Waals surface area contributed by atoms with Gasteiger partial charge >= 0.3 is 0 Å². The minimum Gasteiger partial charge on any atom is -0.332 e. The fourth-order valence-corrected chi connectivity index (χ4v) is 2.46. The molecule has 0 saturated carbocycles. The molecule has 2 rings (SSSR count). The molecule has 5 heteroatoms. The summed E-state index contributed by atoms with van der Waals surface area (Å²) in [4.78, 5) is 12.5. The molecule has 1 aliphatic rings. The normalized spacial score (nSPS) is 25.1. The van der Waals surface area contributed by atoms with Crippen LogP contribution >= 0.6 is 11.8 Å². The number of rotatable bonds is 2. The van der Waals surface area contributed by atoms with Crippen molar-refractivity contribution >= 4 is 22.6 Å². The third-order valence-electron chi connectivity index (χ3n) is 2.46. The standard InChI is InChI=1S/C10H14N4S/c1-3-10(2)6-15-9(14-10)13-8-4-11-7-12-5-8/h4-5,7H,3,6H2,1-2H3,(H,13,14). The lowest BCUT2D eigenvalue weighted by atomic mass is 10.0. The number of amidine groups is 1. The van der Waals surface area contributed by atoms with E-state index in [4.69, 9.17) is 0 Å². The Kier molecular flexibility index (Phi) is 2.90. The van der Waals surface area contributed by atoms with E-state index in [0.717, 1.165) is 23.0 Å². The first-order chi connectivity index (χ1) is 7.22. The molecule has 1 unspecified atom stereocenters. The number of thioether (sulfide) groups is 1. The van der Waals surface area contributed by atoms with Crippen molar-refractivity contribution in [3.05, 3.63) is 18.7 Å². The fraction of sp³-hybridized carbons (Fsp3) is 0.500. The molecule has 1 aliphatic heterocycles. The van der Waals surface area contributed by atoms with Gasteiger partial charge in [0, 0.05) is 5.75 Å². The Hall–Kier alpha value is -1.10. The van der Waals surface area contributed by atoms with E-state index in [9.17, 15) is 0 Å². The summed E-state index contributed by atoms with van der Waals surface area (Å²) < 4.78 is 0. The van der Waals surface area contributed by atoms with Crippen molar-refractivity contribution in [3.63, 3.8) is 0 Å². The van der Waals surface area contributed by atoms with Crippen LogP contribution in [-0.4, -0.2) is 26.4 Å². The zero-order chi connectivity index (χ0) is 10.7. The molecule has 0 fully saturated rings. The Labute approximate surface area is 93.6 Å². The second kappa shape index (κ2) is 4.18. The molecule has 0 radical (unpaired) electrons. The van der Waals surface area contributed by atoms with Crippen LogP contribution in [0.1, 0.15) is 20.3 Å². The first-order valence-corrected chi connectivity index (χ1v) is 5.95. The van der Waals surface area contributed by atoms with E-state index in [1.165, 1.54) is 6.33 Å². The van der Waals surface area contributed by atoms with Gasteiger partial charge in [-0.1, -0.05) is 18.7 Å². The van der Waals surface area contributed by atoms with E-state index >= 15 is 0 Å². The van der Waals surface area contributed by atoms with E-state index in [1.54, 1.807) is 24.2 Å². The van der Waals surface area contributed by atoms with E-state index in [0.29, 0.717) is 0 Å². The van der Waals surface area contributed by atoms with Gasteiger partial charge in [0.1, 0.15) is 6.33 Å². The van der Waals surface area contributed by atoms with Crippen molar-refractivity contribution in [2.75, 3.05) is 11.1 Å². The highest BCUT2D eigenvalue weighted by molar-refractivity contribution is 8.14. The van der Waals surface area contributed by atoms with Crippen molar-refractivity contribution in [1.29, 1.82) is 0 Å². The maximum Gasteiger partial charge on any atom is 0.161 e. The molecule has 1 N–H and O–H groups in total. The molecule has 0 saturated heterocycles. The van der Waals surface area contributed by atoms with Crippen LogP contribution in [0.15, 0.2) is 23.7 Å². The summed E-state index contributed by atoms with van der Waals surface area (Å²) in [5.74, 6) is 1.04. The predicted molar refractivity (Wildman–Crippen MR) is 64.2 cm³/mol. The zero-order valence-electron chi connectivity index (χ0n) is 8.90. The highest BCUT2D eigenvalue weighted by Gasteiger charge is 2.28. The average molecular weight is 222 g/mol. The monoisotopic (exact) mass is 222 g/mol. The molecule has 1 atom stereocenters. The van der Waals surface area contributed by atoms with E-state index in [-0.39, 0.29) is 5.54 Å². The minimum atomic E-state index is 0.0859. The average Bonchev–Trinajstić information content (AvgIpc) is 2.63. The van der Waals surface area contributed by atoms with Gasteiger partial charge in [0.15, 0.2) is 5.17 Å². The molecule has 1 aromatic rings. The van der Waals surface area contributed by atoms with Crippen LogP contribution in [0.5, 0.6) is 0 Å². The number of aromatic nitrogens is 2. The summed E-state index contributed by atoms with van der Waals surface area (Å²) in [5, 5.41) is 4.19. The van der Waals surface area contributed by atoms with E-state index in [1.807, 2.05) is 0 Å². The van der Waals surface area contributed by atoms with Crippen molar-refractivity contribution in [1.82, 2.24) is 9.97 Å². The van der Waals surface area contributed by atoms with Gasteiger partial charge in [0.25, 0.3) is 0 Å². The zero-order valence-corrected chi connectivity index (χ0v) is 9.71. The number of aliphatic imine (C=N–C) groups is 1. The number of hydrogen-bond donors (Lipinski definition) is 1. The van der Waals surface area contributed by atoms with Crippen molar-refractivity contribution < 1.29 is 0 Å². The Morgan fingerprint density at radius 1 is 1.47 bits per heavy atom. The molecular formula is C10H14N4S. The lowest BCUT2D eigenvalue weighted by Gasteiger charge is -2.15. The van der Waals surface area contributed by atoms with Gasteiger partial charge in [0.05, 0.1) is 23.6 Å². The third kappa shape index (κ3) is 2.47. The maximum absolute atomic E-state index is 4.65. The van der Waals surface area contributed by atoms with Crippen molar-refractivity contribution in [3.8, 4) is 0 Å². The van der Waals surface area contributed by atoms with Crippen molar-refractivity contribution in [2.24, 2.45) is 4.99 Å². The first kappa shape index (κ1) is 10.4. The Balaban J connectivity index is 2.06. The van der Waals surface area contributed by atoms with E-state index in [2.05, 4.69) is 34.1 Å². The van der Waals surface area contributed by atoms with Crippen LogP contribution in [0.25, 0.3) is 0 Å². The van der Waals surface area contributed by atoms with Crippen LogP contribution in [0, 0.1) is 0 Å². The highest BCUT2D eigenvalue weighted by atomic mass is 32.2. The van der Waals surface area contributed by atoms with Gasteiger partial charge in [-0.15, -0.1) is 0 Å². The SMILES string of the molecule is CCC1(C)CSC(Nc2cncnc2)=N1. The minimum absolute atomic E-state index is 0.0859. The van der Waals surface area contributed by atoms with Crippen LogP contribution in [-0.2, 0) is 0 Å². The molecular weight excluding hydrogens is 208 g/mol. The molecule has 0 aromatic carbocycles. The molecule has 0 amide bonds. The molecule has 0 aliphatic carbocycles. The Morgan fingerprint density at radius 2 is 2.20 bits per heavy atom. The van der Waals surface area contributed by atoms with Gasteiger partial charge in [-0.05, 0) is 13.3 Å². The van der Waals surface area contributed by atoms with Crippen LogP contribution in [0.2, 0.25) is 0 Å². The summed E-state index contributed by atoms with van der Waals surface area (Å²) in [6, 6.07) is 0.